The van der Waals surface area contributed by atoms with Gasteiger partial charge in [0.15, 0.2) is 5.70 Å². The smallest absolute Gasteiger partial charge is 0.363 e. The molecule has 0 aliphatic carbocycles. The fraction of sp³-hybridized carbons (Fsp3) is 0.100. The van der Waals surface area contributed by atoms with Gasteiger partial charge in [0.1, 0.15) is 0 Å². The van der Waals surface area contributed by atoms with Crippen molar-refractivity contribution in [2.75, 3.05) is 6.26 Å². The maximum absolute atomic E-state index is 11.9. The van der Waals surface area contributed by atoms with Crippen molar-refractivity contribution in [2.24, 2.45) is 4.99 Å². The van der Waals surface area contributed by atoms with Gasteiger partial charge in [0, 0.05) is 11.0 Å². The molecule has 3 nitrogen and oxygen atoms in total. The van der Waals surface area contributed by atoms with E-state index in [-0.39, 0.29) is 0 Å². The van der Waals surface area contributed by atoms with E-state index < -0.39 is 5.97 Å². The number of aliphatic imine (C=N–C) groups is 1. The number of thioether (sulfide) groups is 1. The molecule has 1 aliphatic rings. The molecule has 1 aliphatic heterocycles. The summed E-state index contributed by atoms with van der Waals surface area (Å²) in [5.74, 6) is -0.111. The summed E-state index contributed by atoms with van der Waals surface area (Å²) in [4.78, 5) is 17.4. The number of carbonyl (C=O) groups is 1. The van der Waals surface area contributed by atoms with Crippen LogP contribution in [0.25, 0.3) is 12.2 Å². The third-order valence-corrected chi connectivity index (χ3v) is 4.30. The second kappa shape index (κ2) is 7.32. The second-order valence-corrected chi connectivity index (χ2v) is 6.27. The summed E-state index contributed by atoms with van der Waals surface area (Å²) in [6.07, 6.45) is 7.35. The van der Waals surface area contributed by atoms with Gasteiger partial charge in [0.25, 0.3) is 0 Å². The van der Waals surface area contributed by atoms with Crippen molar-refractivity contribution in [1.82, 2.24) is 0 Å². The number of aryl methyl sites for hydroxylation is 1. The van der Waals surface area contributed by atoms with Crippen LogP contribution in [-0.2, 0) is 9.53 Å². The van der Waals surface area contributed by atoms with Crippen molar-refractivity contribution < 1.29 is 9.53 Å². The first-order valence-electron chi connectivity index (χ1n) is 7.55. The van der Waals surface area contributed by atoms with Crippen molar-refractivity contribution >= 4 is 35.8 Å². The van der Waals surface area contributed by atoms with Gasteiger partial charge in [0.2, 0.25) is 5.90 Å². The molecule has 3 rings (SSSR count). The number of esters is 1. The maximum Gasteiger partial charge on any atom is 0.363 e. The molecule has 0 saturated heterocycles. The zero-order chi connectivity index (χ0) is 16.9. The molecule has 0 fully saturated rings. The van der Waals surface area contributed by atoms with Gasteiger partial charge in [-0.25, -0.2) is 9.79 Å². The quantitative estimate of drug-likeness (QED) is 0.461. The number of hydrogen-bond acceptors (Lipinski definition) is 4. The summed E-state index contributed by atoms with van der Waals surface area (Å²) in [5.41, 5.74) is 3.47. The number of carbonyl (C=O) groups excluding carboxylic acids is 1. The van der Waals surface area contributed by atoms with Crippen LogP contribution in [0.15, 0.2) is 70.2 Å². The van der Waals surface area contributed by atoms with Gasteiger partial charge in [-0.15, -0.1) is 11.8 Å². The molecule has 0 unspecified atom stereocenters. The molecule has 0 saturated carbocycles. The molecule has 0 N–H and O–H groups in total. The van der Waals surface area contributed by atoms with Crippen LogP contribution in [0.3, 0.4) is 0 Å². The van der Waals surface area contributed by atoms with E-state index >= 15 is 0 Å². The van der Waals surface area contributed by atoms with E-state index in [9.17, 15) is 4.79 Å². The van der Waals surface area contributed by atoms with Crippen LogP contribution < -0.4 is 0 Å². The van der Waals surface area contributed by atoms with E-state index in [1.54, 1.807) is 23.9 Å². The minimum Gasteiger partial charge on any atom is -0.403 e. The lowest BCUT2D eigenvalue weighted by molar-refractivity contribution is -0.129. The van der Waals surface area contributed by atoms with Gasteiger partial charge < -0.3 is 4.74 Å². The van der Waals surface area contributed by atoms with Gasteiger partial charge >= 0.3 is 5.97 Å². The molecular weight excluding hydrogens is 318 g/mol. The fourth-order valence-corrected chi connectivity index (χ4v) is 2.61. The van der Waals surface area contributed by atoms with Crippen LogP contribution in [0.5, 0.6) is 0 Å². The van der Waals surface area contributed by atoms with Crippen LogP contribution in [-0.4, -0.2) is 18.1 Å². The number of ether oxygens (including phenoxy) is 1. The van der Waals surface area contributed by atoms with Gasteiger partial charge in [-0.05, 0) is 48.6 Å². The molecule has 0 spiro atoms. The first-order chi connectivity index (χ1) is 11.6. The van der Waals surface area contributed by atoms with Gasteiger partial charge in [0.05, 0.1) is 0 Å². The van der Waals surface area contributed by atoms with Gasteiger partial charge in [-0.1, -0.05) is 42.0 Å². The highest BCUT2D eigenvalue weighted by molar-refractivity contribution is 7.98. The lowest BCUT2D eigenvalue weighted by Crippen LogP contribution is -2.01. The average molecular weight is 335 g/mol. The van der Waals surface area contributed by atoms with Crippen LogP contribution in [0.4, 0.5) is 0 Å². The summed E-state index contributed by atoms with van der Waals surface area (Å²) in [7, 11) is 0. The Morgan fingerprint density at radius 1 is 0.958 bits per heavy atom. The summed E-state index contributed by atoms with van der Waals surface area (Å²) in [6, 6.07) is 16.0. The van der Waals surface area contributed by atoms with E-state index in [1.807, 2.05) is 67.8 Å². The Morgan fingerprint density at radius 2 is 1.62 bits per heavy atom. The molecule has 0 radical (unpaired) electrons. The van der Waals surface area contributed by atoms with E-state index in [0.29, 0.717) is 11.6 Å². The average Bonchev–Trinajstić information content (AvgIpc) is 2.95. The zero-order valence-electron chi connectivity index (χ0n) is 13.5. The summed E-state index contributed by atoms with van der Waals surface area (Å²) in [5, 5.41) is 0. The molecule has 0 amide bonds. The SMILES string of the molecule is CSc1ccc(C=C2N=C(/C=C/c3ccc(C)cc3)OC2=O)cc1. The van der Waals surface area contributed by atoms with Crippen molar-refractivity contribution in [3.05, 3.63) is 77.0 Å². The van der Waals surface area contributed by atoms with Crippen molar-refractivity contribution in [3.63, 3.8) is 0 Å². The van der Waals surface area contributed by atoms with Crippen LogP contribution >= 0.6 is 11.8 Å². The molecular formula is C20H17NO2S. The number of hydrogen-bond donors (Lipinski definition) is 0. The monoisotopic (exact) mass is 335 g/mol. The first-order valence-corrected chi connectivity index (χ1v) is 8.78. The lowest BCUT2D eigenvalue weighted by Gasteiger charge is -1.97. The summed E-state index contributed by atoms with van der Waals surface area (Å²) >= 11 is 1.68. The standard InChI is InChI=1S/C20H17NO2S/c1-14-3-5-15(6-4-14)9-12-19-21-18(20(22)23-19)13-16-7-10-17(24-2)11-8-16/h3-13H,1-2H3/b12-9+,18-13?. The van der Waals surface area contributed by atoms with E-state index in [4.69, 9.17) is 4.74 Å². The molecule has 4 heteroatoms. The predicted octanol–water partition coefficient (Wildman–Crippen LogP) is 4.73. The highest BCUT2D eigenvalue weighted by atomic mass is 32.2. The summed E-state index contributed by atoms with van der Waals surface area (Å²) < 4.78 is 5.19. The van der Waals surface area contributed by atoms with E-state index in [0.717, 1.165) is 11.1 Å². The number of nitrogens with zero attached hydrogens (tertiary/aromatic N) is 1. The summed E-state index contributed by atoms with van der Waals surface area (Å²) in [6.45, 7) is 2.04. The molecule has 2 aromatic rings. The topological polar surface area (TPSA) is 38.7 Å². The van der Waals surface area contributed by atoms with Crippen molar-refractivity contribution in [3.8, 4) is 0 Å². The zero-order valence-corrected chi connectivity index (χ0v) is 14.3. The number of cyclic esters (lactones) is 1. The van der Waals surface area contributed by atoms with Crippen LogP contribution in [0.1, 0.15) is 16.7 Å². The van der Waals surface area contributed by atoms with Crippen molar-refractivity contribution in [2.45, 2.75) is 11.8 Å². The Morgan fingerprint density at radius 3 is 2.29 bits per heavy atom. The number of benzene rings is 2. The lowest BCUT2D eigenvalue weighted by atomic mass is 10.1. The third kappa shape index (κ3) is 4.03. The normalized spacial score (nSPS) is 15.8. The second-order valence-electron chi connectivity index (χ2n) is 5.39. The Bertz CT molecular complexity index is 831. The Labute approximate surface area is 145 Å². The molecule has 0 bridgehead atoms. The number of rotatable bonds is 4. The molecule has 2 aromatic carbocycles. The first kappa shape index (κ1) is 16.3. The van der Waals surface area contributed by atoms with Crippen LogP contribution in [0, 0.1) is 6.92 Å². The molecule has 24 heavy (non-hydrogen) atoms. The highest BCUT2D eigenvalue weighted by Crippen LogP contribution is 2.19. The van der Waals surface area contributed by atoms with Gasteiger partial charge in [-0.2, -0.15) is 0 Å². The predicted molar refractivity (Wildman–Crippen MR) is 99.9 cm³/mol. The minimum absolute atomic E-state index is 0.313. The Hall–Kier alpha value is -2.59. The van der Waals surface area contributed by atoms with E-state index in [1.165, 1.54) is 10.5 Å². The fourth-order valence-electron chi connectivity index (χ4n) is 2.20. The Kier molecular flexibility index (Phi) is 4.96. The van der Waals surface area contributed by atoms with E-state index in [2.05, 4.69) is 4.99 Å². The van der Waals surface area contributed by atoms with Crippen molar-refractivity contribution in [1.29, 1.82) is 0 Å². The Balaban J connectivity index is 1.76. The highest BCUT2D eigenvalue weighted by Gasteiger charge is 2.20. The van der Waals surface area contributed by atoms with Gasteiger partial charge in [-0.3, -0.25) is 0 Å². The maximum atomic E-state index is 11.9. The molecule has 0 atom stereocenters. The van der Waals surface area contributed by atoms with Crippen LogP contribution in [0.2, 0.25) is 0 Å². The minimum atomic E-state index is -0.424. The molecule has 120 valence electrons. The molecule has 0 aromatic heterocycles. The molecule has 1 heterocycles. The largest absolute Gasteiger partial charge is 0.403 e. The third-order valence-electron chi connectivity index (χ3n) is 3.55.